The van der Waals surface area contributed by atoms with E-state index < -0.39 is 0 Å². The number of anilines is 3. The quantitative estimate of drug-likeness (QED) is 0.882. The molecule has 0 atom stereocenters. The highest BCUT2D eigenvalue weighted by atomic mass is 35.5. The van der Waals surface area contributed by atoms with Crippen LogP contribution in [0.15, 0.2) is 30.3 Å². The lowest BCUT2D eigenvalue weighted by Gasteiger charge is -2.34. The maximum absolute atomic E-state index is 11.8. The molecule has 0 aliphatic carbocycles. The van der Waals surface area contributed by atoms with Crippen molar-refractivity contribution >= 4 is 35.0 Å². The lowest BCUT2D eigenvalue weighted by Crippen LogP contribution is -2.49. The lowest BCUT2D eigenvalue weighted by atomic mass is 10.3. The second kappa shape index (κ2) is 8.23. The van der Waals surface area contributed by atoms with E-state index in [-0.39, 0.29) is 6.09 Å². The van der Waals surface area contributed by atoms with Gasteiger partial charge in [0.05, 0.1) is 17.3 Å². The van der Waals surface area contributed by atoms with E-state index in [1.54, 1.807) is 4.90 Å². The first-order valence-corrected chi connectivity index (χ1v) is 8.98. The summed E-state index contributed by atoms with van der Waals surface area (Å²) < 4.78 is 5.06. The fourth-order valence-electron chi connectivity index (χ4n) is 2.81. The van der Waals surface area contributed by atoms with Crippen LogP contribution in [0.25, 0.3) is 0 Å². The average Bonchev–Trinajstić information content (AvgIpc) is 2.63. The maximum atomic E-state index is 11.8. The number of nitrogens with zero attached hydrogens (tertiary/aromatic N) is 4. The van der Waals surface area contributed by atoms with Gasteiger partial charge < -0.3 is 19.9 Å². The summed E-state index contributed by atoms with van der Waals surface area (Å²) in [4.78, 5) is 24.7. The number of amides is 1. The van der Waals surface area contributed by atoms with Crippen molar-refractivity contribution in [2.45, 2.75) is 13.8 Å². The Morgan fingerprint density at radius 2 is 1.96 bits per heavy atom. The van der Waals surface area contributed by atoms with Crippen molar-refractivity contribution in [2.75, 3.05) is 43.0 Å². The van der Waals surface area contributed by atoms with E-state index in [0.717, 1.165) is 11.5 Å². The van der Waals surface area contributed by atoms with E-state index in [0.29, 0.717) is 49.5 Å². The van der Waals surface area contributed by atoms with E-state index >= 15 is 0 Å². The van der Waals surface area contributed by atoms with Crippen LogP contribution in [0.4, 0.5) is 22.1 Å². The number of aromatic nitrogens is 2. The standard InChI is InChI=1S/C18H22ClN5O2/c1-3-26-18(25)24-10-8-23(9-11-24)17-12-16(20-13(2)21-17)22-15-7-5-4-6-14(15)19/h4-7,12H,3,8-11H2,1-2H3,(H,20,21,22). The fraction of sp³-hybridized carbons (Fsp3) is 0.389. The summed E-state index contributed by atoms with van der Waals surface area (Å²) in [6.45, 7) is 6.66. The SMILES string of the molecule is CCOC(=O)N1CCN(c2cc(Nc3ccccc3Cl)nc(C)n2)CC1. The molecule has 0 bridgehead atoms. The third-order valence-corrected chi connectivity index (χ3v) is 4.42. The molecule has 1 saturated heterocycles. The molecule has 0 saturated carbocycles. The number of para-hydroxylation sites is 1. The summed E-state index contributed by atoms with van der Waals surface area (Å²) in [7, 11) is 0. The molecule has 0 radical (unpaired) electrons. The molecule has 2 aromatic rings. The molecule has 0 spiro atoms. The number of rotatable bonds is 4. The molecular formula is C18H22ClN5O2. The van der Waals surface area contributed by atoms with Crippen molar-refractivity contribution in [3.8, 4) is 0 Å². The fourth-order valence-corrected chi connectivity index (χ4v) is 2.99. The summed E-state index contributed by atoms with van der Waals surface area (Å²) in [5, 5.41) is 3.87. The second-order valence-corrected chi connectivity index (χ2v) is 6.34. The highest BCUT2D eigenvalue weighted by Gasteiger charge is 2.23. The molecule has 7 nitrogen and oxygen atoms in total. The predicted octanol–water partition coefficient (Wildman–Crippen LogP) is 3.46. The van der Waals surface area contributed by atoms with Crippen LogP contribution >= 0.6 is 11.6 Å². The van der Waals surface area contributed by atoms with Crippen LogP contribution in [-0.4, -0.2) is 53.7 Å². The second-order valence-electron chi connectivity index (χ2n) is 5.94. The Balaban J connectivity index is 1.71. The van der Waals surface area contributed by atoms with Gasteiger partial charge in [-0.2, -0.15) is 0 Å². The summed E-state index contributed by atoms with van der Waals surface area (Å²) in [6, 6.07) is 9.42. The van der Waals surface area contributed by atoms with Crippen LogP contribution in [-0.2, 0) is 4.74 Å². The Kier molecular flexibility index (Phi) is 5.78. The summed E-state index contributed by atoms with van der Waals surface area (Å²) in [5.74, 6) is 2.19. The van der Waals surface area contributed by atoms with Gasteiger partial charge in [-0.05, 0) is 26.0 Å². The van der Waals surface area contributed by atoms with Crippen molar-refractivity contribution < 1.29 is 9.53 Å². The number of ether oxygens (including phenoxy) is 1. The number of carbonyl (C=O) groups is 1. The van der Waals surface area contributed by atoms with Gasteiger partial charge in [-0.1, -0.05) is 23.7 Å². The van der Waals surface area contributed by atoms with Gasteiger partial charge in [-0.25, -0.2) is 14.8 Å². The molecule has 1 N–H and O–H groups in total. The lowest BCUT2D eigenvalue weighted by molar-refractivity contribution is 0.105. The summed E-state index contributed by atoms with van der Waals surface area (Å²) in [5.41, 5.74) is 0.797. The zero-order valence-electron chi connectivity index (χ0n) is 14.9. The number of piperazine rings is 1. The van der Waals surface area contributed by atoms with Crippen LogP contribution in [0, 0.1) is 6.92 Å². The predicted molar refractivity (Wildman–Crippen MR) is 102 cm³/mol. The van der Waals surface area contributed by atoms with Crippen molar-refractivity contribution in [1.29, 1.82) is 0 Å². The molecule has 1 aliphatic heterocycles. The smallest absolute Gasteiger partial charge is 0.409 e. The molecule has 2 heterocycles. The number of halogens is 1. The Morgan fingerprint density at radius 3 is 2.65 bits per heavy atom. The Labute approximate surface area is 157 Å². The van der Waals surface area contributed by atoms with Gasteiger partial charge in [0, 0.05) is 32.2 Å². The topological polar surface area (TPSA) is 70.6 Å². The molecule has 0 unspecified atom stereocenters. The van der Waals surface area contributed by atoms with Gasteiger partial charge in [0.25, 0.3) is 0 Å². The normalized spacial score (nSPS) is 14.3. The molecule has 1 aromatic heterocycles. The molecule has 1 fully saturated rings. The van der Waals surface area contributed by atoms with E-state index in [9.17, 15) is 4.79 Å². The van der Waals surface area contributed by atoms with Crippen LogP contribution in [0.2, 0.25) is 5.02 Å². The first kappa shape index (κ1) is 18.3. The van der Waals surface area contributed by atoms with Gasteiger partial charge in [-0.15, -0.1) is 0 Å². The Morgan fingerprint density at radius 1 is 1.23 bits per heavy atom. The highest BCUT2D eigenvalue weighted by Crippen LogP contribution is 2.26. The number of hydrogen-bond acceptors (Lipinski definition) is 6. The molecule has 1 aromatic carbocycles. The van der Waals surface area contributed by atoms with Crippen molar-refractivity contribution in [2.24, 2.45) is 0 Å². The van der Waals surface area contributed by atoms with E-state index in [1.165, 1.54) is 0 Å². The summed E-state index contributed by atoms with van der Waals surface area (Å²) in [6.07, 6.45) is -0.257. The van der Waals surface area contributed by atoms with Crippen molar-refractivity contribution in [3.05, 3.63) is 41.2 Å². The van der Waals surface area contributed by atoms with Crippen LogP contribution in [0.5, 0.6) is 0 Å². The van der Waals surface area contributed by atoms with E-state index in [2.05, 4.69) is 20.2 Å². The van der Waals surface area contributed by atoms with Crippen LogP contribution in [0.3, 0.4) is 0 Å². The monoisotopic (exact) mass is 375 g/mol. The Hall–Kier alpha value is -2.54. The highest BCUT2D eigenvalue weighted by molar-refractivity contribution is 6.33. The van der Waals surface area contributed by atoms with Gasteiger partial charge in [0.1, 0.15) is 17.5 Å². The molecule has 1 aliphatic rings. The van der Waals surface area contributed by atoms with Gasteiger partial charge in [-0.3, -0.25) is 0 Å². The number of aryl methyl sites for hydroxylation is 1. The van der Waals surface area contributed by atoms with Crippen molar-refractivity contribution in [3.63, 3.8) is 0 Å². The Bertz CT molecular complexity index is 778. The minimum Gasteiger partial charge on any atom is -0.450 e. The minimum absolute atomic E-state index is 0.257. The summed E-state index contributed by atoms with van der Waals surface area (Å²) >= 11 is 6.21. The third-order valence-electron chi connectivity index (χ3n) is 4.09. The zero-order valence-corrected chi connectivity index (χ0v) is 15.7. The first-order valence-electron chi connectivity index (χ1n) is 8.60. The minimum atomic E-state index is -0.257. The molecule has 138 valence electrons. The van der Waals surface area contributed by atoms with Gasteiger partial charge >= 0.3 is 6.09 Å². The van der Waals surface area contributed by atoms with Crippen LogP contribution in [0.1, 0.15) is 12.7 Å². The van der Waals surface area contributed by atoms with Gasteiger partial charge in [0.2, 0.25) is 0 Å². The maximum Gasteiger partial charge on any atom is 0.409 e. The van der Waals surface area contributed by atoms with Gasteiger partial charge in [0.15, 0.2) is 0 Å². The number of benzene rings is 1. The number of hydrogen-bond donors (Lipinski definition) is 1. The largest absolute Gasteiger partial charge is 0.450 e. The van der Waals surface area contributed by atoms with Crippen molar-refractivity contribution in [1.82, 2.24) is 14.9 Å². The third kappa shape index (κ3) is 4.35. The van der Waals surface area contributed by atoms with E-state index in [1.807, 2.05) is 44.2 Å². The first-order chi connectivity index (χ1) is 12.6. The molecule has 26 heavy (non-hydrogen) atoms. The molecule has 3 rings (SSSR count). The molecular weight excluding hydrogens is 354 g/mol. The number of carbonyl (C=O) groups excluding carboxylic acids is 1. The van der Waals surface area contributed by atoms with E-state index in [4.69, 9.17) is 16.3 Å². The number of nitrogens with one attached hydrogen (secondary N) is 1. The molecule has 8 heteroatoms. The average molecular weight is 376 g/mol. The van der Waals surface area contributed by atoms with Crippen LogP contribution < -0.4 is 10.2 Å². The molecule has 1 amide bonds. The zero-order chi connectivity index (χ0) is 18.5.